The van der Waals surface area contributed by atoms with Gasteiger partial charge in [0.25, 0.3) is 0 Å². The van der Waals surface area contributed by atoms with Gasteiger partial charge in [-0.25, -0.2) is 0 Å². The fourth-order valence-corrected chi connectivity index (χ4v) is 1.79. The standard InChI is InChI=1S/C14H11F3O/c15-14(16,17)13(18)12-9-5-4-8-11(12)10-6-2-1-3-7-10/h1-9,13,18H/t13-/m0/s1. The molecule has 0 radical (unpaired) electrons. The molecule has 1 nitrogen and oxygen atoms in total. The van der Waals surface area contributed by atoms with Crippen LogP contribution >= 0.6 is 0 Å². The normalized spacial score (nSPS) is 13.3. The molecule has 4 heteroatoms. The van der Waals surface area contributed by atoms with Gasteiger partial charge in [0.05, 0.1) is 0 Å². The molecule has 0 unspecified atom stereocenters. The molecule has 0 saturated heterocycles. The Bertz CT molecular complexity index is 520. The fraction of sp³-hybridized carbons (Fsp3) is 0.143. The van der Waals surface area contributed by atoms with E-state index in [9.17, 15) is 18.3 Å². The van der Waals surface area contributed by atoms with E-state index in [0.29, 0.717) is 11.1 Å². The van der Waals surface area contributed by atoms with Gasteiger partial charge in [0, 0.05) is 0 Å². The highest BCUT2D eigenvalue weighted by molar-refractivity contribution is 5.67. The minimum atomic E-state index is -4.66. The van der Waals surface area contributed by atoms with Gasteiger partial charge in [-0.15, -0.1) is 0 Å². The molecule has 0 heterocycles. The maximum atomic E-state index is 12.6. The lowest BCUT2D eigenvalue weighted by atomic mass is 9.96. The second kappa shape index (κ2) is 4.82. The fourth-order valence-electron chi connectivity index (χ4n) is 1.79. The van der Waals surface area contributed by atoms with Gasteiger partial charge < -0.3 is 5.11 Å². The van der Waals surface area contributed by atoms with Crippen LogP contribution in [0.3, 0.4) is 0 Å². The molecule has 18 heavy (non-hydrogen) atoms. The van der Waals surface area contributed by atoms with E-state index in [1.54, 1.807) is 42.5 Å². The van der Waals surface area contributed by atoms with Crippen LogP contribution < -0.4 is 0 Å². The first-order valence-corrected chi connectivity index (χ1v) is 5.39. The van der Waals surface area contributed by atoms with Crippen LogP contribution in [0.15, 0.2) is 54.6 Å². The molecule has 0 aliphatic heterocycles. The van der Waals surface area contributed by atoms with Crippen molar-refractivity contribution in [3.8, 4) is 11.1 Å². The van der Waals surface area contributed by atoms with Crippen LogP contribution in [0.25, 0.3) is 11.1 Å². The van der Waals surface area contributed by atoms with E-state index >= 15 is 0 Å². The van der Waals surface area contributed by atoms with Crippen LogP contribution in [0.1, 0.15) is 11.7 Å². The summed E-state index contributed by atoms with van der Waals surface area (Å²) in [6, 6.07) is 14.7. The van der Waals surface area contributed by atoms with Crippen molar-refractivity contribution in [2.45, 2.75) is 12.3 Å². The van der Waals surface area contributed by atoms with E-state index in [1.807, 2.05) is 0 Å². The molecule has 0 amide bonds. The van der Waals surface area contributed by atoms with Crippen LogP contribution in [0, 0.1) is 0 Å². The number of aliphatic hydroxyl groups is 1. The minimum absolute atomic E-state index is 0.129. The van der Waals surface area contributed by atoms with Gasteiger partial charge in [0.1, 0.15) is 0 Å². The largest absolute Gasteiger partial charge is 0.418 e. The van der Waals surface area contributed by atoms with Gasteiger partial charge in [-0.3, -0.25) is 0 Å². The number of benzene rings is 2. The van der Waals surface area contributed by atoms with Crippen molar-refractivity contribution < 1.29 is 18.3 Å². The number of alkyl halides is 3. The molecule has 0 bridgehead atoms. The lowest BCUT2D eigenvalue weighted by Crippen LogP contribution is -2.20. The van der Waals surface area contributed by atoms with Crippen LogP contribution in [0.2, 0.25) is 0 Å². The monoisotopic (exact) mass is 252 g/mol. The summed E-state index contributed by atoms with van der Waals surface area (Å²) in [5, 5.41) is 9.37. The maximum absolute atomic E-state index is 12.6. The molecule has 2 aromatic rings. The SMILES string of the molecule is O[C@@H](c1ccccc1-c1ccccc1)C(F)(F)F. The molecule has 0 spiro atoms. The Morgan fingerprint density at radius 1 is 0.833 bits per heavy atom. The van der Waals surface area contributed by atoms with E-state index in [-0.39, 0.29) is 5.56 Å². The third-order valence-electron chi connectivity index (χ3n) is 2.65. The van der Waals surface area contributed by atoms with Crippen molar-refractivity contribution in [3.05, 3.63) is 60.2 Å². The predicted molar refractivity (Wildman–Crippen MR) is 62.9 cm³/mol. The van der Waals surface area contributed by atoms with Crippen molar-refractivity contribution in [3.63, 3.8) is 0 Å². The van der Waals surface area contributed by atoms with Crippen molar-refractivity contribution in [2.24, 2.45) is 0 Å². The van der Waals surface area contributed by atoms with Gasteiger partial charge in [-0.1, -0.05) is 54.6 Å². The highest BCUT2D eigenvalue weighted by atomic mass is 19.4. The van der Waals surface area contributed by atoms with E-state index in [4.69, 9.17) is 0 Å². The maximum Gasteiger partial charge on any atom is 0.418 e. The zero-order chi connectivity index (χ0) is 13.2. The number of hydrogen-bond acceptors (Lipinski definition) is 1. The minimum Gasteiger partial charge on any atom is -0.379 e. The van der Waals surface area contributed by atoms with Gasteiger partial charge in [0.2, 0.25) is 0 Å². The molecule has 2 rings (SSSR count). The predicted octanol–water partition coefficient (Wildman–Crippen LogP) is 3.95. The summed E-state index contributed by atoms with van der Waals surface area (Å²) >= 11 is 0. The quantitative estimate of drug-likeness (QED) is 0.858. The van der Waals surface area contributed by atoms with E-state index < -0.39 is 12.3 Å². The van der Waals surface area contributed by atoms with E-state index in [0.717, 1.165) is 0 Å². The van der Waals surface area contributed by atoms with Crippen molar-refractivity contribution in [1.29, 1.82) is 0 Å². The van der Waals surface area contributed by atoms with Gasteiger partial charge in [-0.2, -0.15) is 13.2 Å². The molecular weight excluding hydrogens is 241 g/mol. The van der Waals surface area contributed by atoms with Crippen LogP contribution in [0.5, 0.6) is 0 Å². The summed E-state index contributed by atoms with van der Waals surface area (Å²) in [6.45, 7) is 0. The zero-order valence-electron chi connectivity index (χ0n) is 9.35. The number of hydrogen-bond donors (Lipinski definition) is 1. The van der Waals surface area contributed by atoms with Gasteiger partial charge in [-0.05, 0) is 16.7 Å². The Morgan fingerprint density at radius 2 is 1.39 bits per heavy atom. The summed E-state index contributed by atoms with van der Waals surface area (Å²) in [4.78, 5) is 0. The Morgan fingerprint density at radius 3 is 2.00 bits per heavy atom. The second-order valence-corrected chi connectivity index (χ2v) is 3.90. The molecular formula is C14H11F3O. The molecule has 0 aliphatic carbocycles. The second-order valence-electron chi connectivity index (χ2n) is 3.90. The number of halogens is 3. The number of aliphatic hydroxyl groups excluding tert-OH is 1. The zero-order valence-corrected chi connectivity index (χ0v) is 9.35. The molecule has 2 aromatic carbocycles. The first kappa shape index (κ1) is 12.6. The molecule has 94 valence electrons. The first-order valence-electron chi connectivity index (χ1n) is 5.39. The Labute approximate surface area is 103 Å². The van der Waals surface area contributed by atoms with Crippen LogP contribution in [-0.2, 0) is 0 Å². The highest BCUT2D eigenvalue weighted by Gasteiger charge is 2.40. The van der Waals surface area contributed by atoms with Crippen molar-refractivity contribution in [2.75, 3.05) is 0 Å². The number of rotatable bonds is 2. The Hall–Kier alpha value is -1.81. The van der Waals surface area contributed by atoms with E-state index in [2.05, 4.69) is 0 Å². The smallest absolute Gasteiger partial charge is 0.379 e. The first-order chi connectivity index (χ1) is 8.50. The topological polar surface area (TPSA) is 20.2 Å². The van der Waals surface area contributed by atoms with Gasteiger partial charge in [0.15, 0.2) is 6.10 Å². The summed E-state index contributed by atoms with van der Waals surface area (Å²) in [7, 11) is 0. The molecule has 0 aromatic heterocycles. The van der Waals surface area contributed by atoms with Crippen molar-refractivity contribution >= 4 is 0 Å². The average Bonchev–Trinajstić information content (AvgIpc) is 2.38. The summed E-state index contributed by atoms with van der Waals surface area (Å²) in [6.07, 6.45) is -7.13. The summed E-state index contributed by atoms with van der Waals surface area (Å²) in [5.74, 6) is 0. The molecule has 0 fully saturated rings. The summed E-state index contributed by atoms with van der Waals surface area (Å²) < 4.78 is 37.7. The molecule has 1 N–H and O–H groups in total. The Kier molecular flexibility index (Phi) is 3.39. The third kappa shape index (κ3) is 2.54. The molecule has 0 saturated carbocycles. The van der Waals surface area contributed by atoms with Crippen LogP contribution in [-0.4, -0.2) is 11.3 Å². The van der Waals surface area contributed by atoms with Gasteiger partial charge >= 0.3 is 6.18 Å². The lowest BCUT2D eigenvalue weighted by Gasteiger charge is -2.18. The lowest BCUT2D eigenvalue weighted by molar-refractivity contribution is -0.206. The van der Waals surface area contributed by atoms with Crippen LogP contribution in [0.4, 0.5) is 13.2 Å². The summed E-state index contributed by atoms with van der Waals surface area (Å²) in [5.41, 5.74) is 0.913. The molecule has 1 atom stereocenters. The molecule has 0 aliphatic rings. The third-order valence-corrected chi connectivity index (χ3v) is 2.65. The Balaban J connectivity index is 2.51. The van der Waals surface area contributed by atoms with Crippen molar-refractivity contribution in [1.82, 2.24) is 0 Å². The average molecular weight is 252 g/mol. The highest BCUT2D eigenvalue weighted by Crippen LogP contribution is 2.37. The van der Waals surface area contributed by atoms with E-state index in [1.165, 1.54) is 12.1 Å².